The second kappa shape index (κ2) is 8.87. The maximum Gasteiger partial charge on any atom is 0.329 e. The number of carbonyl (C=O) groups excluding carboxylic acids is 1. The first-order chi connectivity index (χ1) is 19.5. The number of hydrogen-bond donors (Lipinski definition) is 2. The van der Waals surface area contributed by atoms with Gasteiger partial charge in [-0.05, 0) is 50.2 Å². The molecule has 3 atom stereocenters. The Labute approximate surface area is 234 Å². The van der Waals surface area contributed by atoms with Gasteiger partial charge in [0.2, 0.25) is 11.9 Å². The summed E-state index contributed by atoms with van der Waals surface area (Å²) in [6.07, 6.45) is 5.41. The van der Waals surface area contributed by atoms with Crippen LogP contribution in [-0.4, -0.2) is 41.4 Å². The molecule has 0 radical (unpaired) electrons. The molecule has 3 N–H and O–H groups in total. The fourth-order valence-corrected chi connectivity index (χ4v) is 6.90. The molecule has 11 heteroatoms. The van der Waals surface area contributed by atoms with Crippen LogP contribution in [0.5, 0.6) is 0 Å². The SMILES string of the molecule is Cn1cc(-c2[nH]c3ncc4c5c3c2-c2ccc(cc2)C(C)(C)OCC(C(N)=O)[C@@H]2CC[C@H](C2)n5c(=O)n4C)c(F)n1. The van der Waals surface area contributed by atoms with Crippen molar-refractivity contribution in [1.82, 2.24) is 28.9 Å². The Morgan fingerprint density at radius 1 is 1.20 bits per heavy atom. The number of nitrogens with one attached hydrogen (secondary N) is 1. The van der Waals surface area contributed by atoms with Gasteiger partial charge in [-0.15, -0.1) is 5.10 Å². The highest BCUT2D eigenvalue weighted by Gasteiger charge is 2.38. The molecule has 41 heavy (non-hydrogen) atoms. The summed E-state index contributed by atoms with van der Waals surface area (Å²) in [4.78, 5) is 34.5. The van der Waals surface area contributed by atoms with E-state index in [1.807, 2.05) is 42.7 Å². The lowest BCUT2D eigenvalue weighted by Gasteiger charge is -2.30. The van der Waals surface area contributed by atoms with Crippen LogP contribution in [0.1, 0.15) is 44.7 Å². The van der Waals surface area contributed by atoms with Crippen molar-refractivity contribution >= 4 is 28.0 Å². The molecule has 0 saturated heterocycles. The number of nitrogens with zero attached hydrogens (tertiary/aromatic N) is 5. The zero-order valence-electron chi connectivity index (χ0n) is 23.4. The first-order valence-corrected chi connectivity index (χ1v) is 13.9. The van der Waals surface area contributed by atoms with Crippen molar-refractivity contribution in [3.05, 3.63) is 58.7 Å². The fraction of sp³-hybridized carbons (Fsp3) is 0.400. The molecule has 2 aliphatic heterocycles. The molecule has 6 heterocycles. The van der Waals surface area contributed by atoms with Gasteiger partial charge in [-0.2, -0.15) is 4.39 Å². The Kier molecular flexibility index (Phi) is 5.56. The predicted octanol–water partition coefficient (Wildman–Crippen LogP) is 4.13. The minimum Gasteiger partial charge on any atom is -0.370 e. The molecule has 4 aromatic heterocycles. The van der Waals surface area contributed by atoms with Gasteiger partial charge in [-0.1, -0.05) is 24.3 Å². The summed E-state index contributed by atoms with van der Waals surface area (Å²) in [5, 5.41) is 4.69. The standard InChI is InChI=1S/C30H32FN7O3/c1-30(2)17-8-5-15(6-9-17)22-23-25-21(12-33-28(23)34-24(22)19-13-36(3)35-26(19)31)37(4)29(40)38(25)18-10-7-16(11-18)20(14-41-30)27(32)39/h5-6,8-9,12-13,16,18,20H,7,10-11,14H2,1-4H3,(H2,32,39)(H,33,34)/t16-,18-,20?/m1/s1. The van der Waals surface area contributed by atoms with Crippen LogP contribution in [0.2, 0.25) is 0 Å². The van der Waals surface area contributed by atoms with E-state index in [2.05, 4.69) is 10.1 Å². The molecule has 1 saturated carbocycles. The van der Waals surface area contributed by atoms with Gasteiger partial charge >= 0.3 is 5.69 Å². The van der Waals surface area contributed by atoms with Crippen molar-refractivity contribution in [3.63, 3.8) is 0 Å². The number of pyridine rings is 1. The molecule has 1 fully saturated rings. The molecular weight excluding hydrogens is 525 g/mol. The first-order valence-electron chi connectivity index (χ1n) is 13.9. The third-order valence-electron chi connectivity index (χ3n) is 9.16. The topological polar surface area (TPSA) is 126 Å². The van der Waals surface area contributed by atoms with E-state index in [0.717, 1.165) is 40.4 Å². The van der Waals surface area contributed by atoms with Crippen molar-refractivity contribution in [3.8, 4) is 22.4 Å². The van der Waals surface area contributed by atoms with Gasteiger partial charge in [0.25, 0.3) is 0 Å². The Hall–Kier alpha value is -4.25. The number of nitrogens with two attached hydrogens (primary N) is 1. The molecular formula is C30H32FN7O3. The number of amides is 1. The molecule has 1 amide bonds. The molecule has 1 aliphatic carbocycles. The van der Waals surface area contributed by atoms with E-state index < -0.39 is 17.5 Å². The van der Waals surface area contributed by atoms with Gasteiger partial charge in [0.05, 0.1) is 52.0 Å². The molecule has 5 aromatic rings. The minimum atomic E-state index is -0.682. The zero-order valence-corrected chi connectivity index (χ0v) is 23.4. The average Bonchev–Trinajstić information content (AvgIpc) is 3.68. The Morgan fingerprint density at radius 3 is 2.63 bits per heavy atom. The molecule has 212 valence electrons. The fourth-order valence-electron chi connectivity index (χ4n) is 6.90. The van der Waals surface area contributed by atoms with E-state index in [1.165, 1.54) is 4.68 Å². The van der Waals surface area contributed by atoms with Crippen molar-refractivity contribution in [2.45, 2.75) is 44.8 Å². The van der Waals surface area contributed by atoms with E-state index in [0.29, 0.717) is 28.8 Å². The Morgan fingerprint density at radius 2 is 1.95 bits per heavy atom. The smallest absolute Gasteiger partial charge is 0.329 e. The van der Waals surface area contributed by atoms with Gasteiger partial charge in [0, 0.05) is 31.9 Å². The van der Waals surface area contributed by atoms with Gasteiger partial charge in [0.1, 0.15) is 5.65 Å². The second-order valence-corrected chi connectivity index (χ2v) is 11.9. The van der Waals surface area contributed by atoms with E-state index in [4.69, 9.17) is 15.5 Å². The number of aryl methyl sites for hydroxylation is 2. The third-order valence-corrected chi connectivity index (χ3v) is 9.16. The molecule has 10 nitrogen and oxygen atoms in total. The molecule has 3 aliphatic rings. The van der Waals surface area contributed by atoms with Crippen LogP contribution < -0.4 is 11.4 Å². The number of carbonyl (C=O) groups is 1. The Balaban J connectivity index is 1.60. The van der Waals surface area contributed by atoms with Gasteiger partial charge in [-0.3, -0.25) is 18.6 Å². The number of imidazole rings is 1. The lowest BCUT2D eigenvalue weighted by molar-refractivity contribution is -0.129. The third kappa shape index (κ3) is 3.78. The number of aromatic nitrogens is 6. The summed E-state index contributed by atoms with van der Waals surface area (Å²) in [5.41, 5.74) is 10.4. The number of aromatic amines is 1. The monoisotopic (exact) mass is 557 g/mol. The number of ether oxygens (including phenoxy) is 1. The highest BCUT2D eigenvalue weighted by Crippen LogP contribution is 2.45. The summed E-state index contributed by atoms with van der Waals surface area (Å²) in [6.45, 7) is 4.14. The lowest BCUT2D eigenvalue weighted by Crippen LogP contribution is -2.36. The average molecular weight is 558 g/mol. The van der Waals surface area contributed by atoms with E-state index in [1.54, 1.807) is 31.1 Å². The van der Waals surface area contributed by atoms with Crippen LogP contribution in [-0.2, 0) is 29.2 Å². The number of hydrogen-bond acceptors (Lipinski definition) is 5. The van der Waals surface area contributed by atoms with Crippen LogP contribution in [0.3, 0.4) is 0 Å². The number of rotatable bonds is 2. The maximum absolute atomic E-state index is 15.2. The summed E-state index contributed by atoms with van der Waals surface area (Å²) in [7, 11) is 3.42. The number of primary amides is 1. The largest absolute Gasteiger partial charge is 0.370 e. The number of benzene rings is 1. The quantitative estimate of drug-likeness (QED) is 0.338. The van der Waals surface area contributed by atoms with Crippen LogP contribution in [0.4, 0.5) is 4.39 Å². The predicted molar refractivity (Wildman–Crippen MR) is 152 cm³/mol. The molecule has 0 spiro atoms. The Bertz CT molecular complexity index is 1910. The summed E-state index contributed by atoms with van der Waals surface area (Å²) >= 11 is 0. The highest BCUT2D eigenvalue weighted by atomic mass is 19.1. The summed E-state index contributed by atoms with van der Waals surface area (Å²) in [6, 6.07) is 7.76. The zero-order chi connectivity index (χ0) is 28.8. The number of H-pyrrole nitrogens is 1. The van der Waals surface area contributed by atoms with Crippen LogP contribution in [0, 0.1) is 17.8 Å². The molecule has 4 bridgehead atoms. The van der Waals surface area contributed by atoms with E-state index in [-0.39, 0.29) is 30.2 Å². The van der Waals surface area contributed by atoms with Gasteiger partial charge in [0.15, 0.2) is 0 Å². The first kappa shape index (κ1) is 25.7. The van der Waals surface area contributed by atoms with Crippen LogP contribution in [0.25, 0.3) is 44.5 Å². The van der Waals surface area contributed by atoms with E-state index in [9.17, 15) is 9.59 Å². The lowest BCUT2D eigenvalue weighted by atomic mass is 9.90. The summed E-state index contributed by atoms with van der Waals surface area (Å²) < 4.78 is 26.4. The van der Waals surface area contributed by atoms with Crippen LogP contribution in [0.15, 0.2) is 41.5 Å². The van der Waals surface area contributed by atoms with Crippen molar-refractivity contribution in [2.75, 3.05) is 6.61 Å². The number of fused-ring (bicyclic) bond motifs is 5. The second-order valence-electron chi connectivity index (χ2n) is 11.9. The van der Waals surface area contributed by atoms with Crippen molar-refractivity contribution in [1.29, 1.82) is 0 Å². The highest BCUT2D eigenvalue weighted by molar-refractivity contribution is 6.14. The van der Waals surface area contributed by atoms with Crippen molar-refractivity contribution in [2.24, 2.45) is 31.7 Å². The minimum absolute atomic E-state index is 0.0227. The van der Waals surface area contributed by atoms with Crippen molar-refractivity contribution < 1.29 is 13.9 Å². The van der Waals surface area contributed by atoms with Gasteiger partial charge < -0.3 is 15.5 Å². The molecule has 1 unspecified atom stereocenters. The maximum atomic E-state index is 15.2. The molecule has 1 aromatic carbocycles. The van der Waals surface area contributed by atoms with Gasteiger partial charge in [-0.25, -0.2) is 9.78 Å². The number of halogens is 1. The van der Waals surface area contributed by atoms with E-state index >= 15 is 4.39 Å². The molecule has 8 rings (SSSR count). The normalized spacial score (nSPS) is 22.0. The summed E-state index contributed by atoms with van der Waals surface area (Å²) in [5.74, 6) is -1.49. The van der Waals surface area contributed by atoms with Crippen LogP contribution >= 0.6 is 0 Å².